The number of hydrogen-bond donors (Lipinski definition) is 0. The Morgan fingerprint density at radius 1 is 0.750 bits per heavy atom. The van der Waals surface area contributed by atoms with Crippen LogP contribution in [0.3, 0.4) is 0 Å². The standard InChI is InChI=1S/C26H15ClN2S3/c27-20-13-11-17(12-14-20)22-16-30-25(29-22)21(15-28)26-31-23(18-7-3-1-4-8-18)24(32-26)19-9-5-2-6-10-19/h1-14,16H. The average molecular weight is 487 g/mol. The van der Waals surface area contributed by atoms with Crippen molar-refractivity contribution in [2.24, 2.45) is 0 Å². The van der Waals surface area contributed by atoms with Gasteiger partial charge in [0.2, 0.25) is 0 Å². The number of hydrogen-bond acceptors (Lipinski definition) is 5. The molecule has 2 heterocycles. The summed E-state index contributed by atoms with van der Waals surface area (Å²) in [7, 11) is 0. The van der Waals surface area contributed by atoms with Crippen LogP contribution in [0.4, 0.5) is 0 Å². The molecule has 0 N–H and O–H groups in total. The van der Waals surface area contributed by atoms with Crippen molar-refractivity contribution in [3.63, 3.8) is 0 Å². The maximum Gasteiger partial charge on any atom is 0.136 e. The molecule has 0 aliphatic carbocycles. The highest BCUT2D eigenvalue weighted by Crippen LogP contribution is 2.59. The predicted molar refractivity (Wildman–Crippen MR) is 140 cm³/mol. The molecule has 0 unspecified atom stereocenters. The molecule has 154 valence electrons. The molecule has 0 saturated heterocycles. The zero-order valence-corrected chi connectivity index (χ0v) is 19.9. The second-order valence-electron chi connectivity index (χ2n) is 6.91. The summed E-state index contributed by atoms with van der Waals surface area (Å²) in [6.45, 7) is 0. The zero-order valence-electron chi connectivity index (χ0n) is 16.7. The molecule has 0 saturated carbocycles. The van der Waals surface area contributed by atoms with E-state index < -0.39 is 0 Å². The Bertz CT molecular complexity index is 1310. The van der Waals surface area contributed by atoms with E-state index in [1.807, 2.05) is 66.0 Å². The van der Waals surface area contributed by atoms with E-state index in [0.717, 1.165) is 31.6 Å². The SMILES string of the molecule is N#CC(=C1SC(c2ccccc2)=C(c2ccccc2)S1)c1nc(-c2ccc(Cl)cc2)cs1. The van der Waals surface area contributed by atoms with Crippen LogP contribution in [0, 0.1) is 11.3 Å². The summed E-state index contributed by atoms with van der Waals surface area (Å²) in [6.07, 6.45) is 0. The summed E-state index contributed by atoms with van der Waals surface area (Å²) in [5.41, 5.74) is 4.75. The van der Waals surface area contributed by atoms with E-state index >= 15 is 0 Å². The van der Waals surface area contributed by atoms with Gasteiger partial charge >= 0.3 is 0 Å². The van der Waals surface area contributed by atoms with Gasteiger partial charge in [-0.05, 0) is 23.3 Å². The Balaban J connectivity index is 1.55. The molecule has 1 aromatic heterocycles. The van der Waals surface area contributed by atoms with Crippen molar-refractivity contribution < 1.29 is 0 Å². The molecule has 6 heteroatoms. The van der Waals surface area contributed by atoms with Crippen LogP contribution >= 0.6 is 46.5 Å². The Hall–Kier alpha value is -2.75. The number of nitriles is 1. The first-order valence-corrected chi connectivity index (χ1v) is 12.7. The van der Waals surface area contributed by atoms with Gasteiger partial charge in [0, 0.05) is 25.8 Å². The second-order valence-corrected chi connectivity index (χ2v) is 10.5. The average Bonchev–Trinajstić information content (AvgIpc) is 3.50. The normalized spacial score (nSPS) is 13.3. The summed E-state index contributed by atoms with van der Waals surface area (Å²) in [5.74, 6) is 0. The van der Waals surface area contributed by atoms with Crippen LogP contribution in [0.15, 0.2) is 94.5 Å². The van der Waals surface area contributed by atoms with Crippen LogP contribution in [-0.2, 0) is 0 Å². The highest BCUT2D eigenvalue weighted by molar-refractivity contribution is 8.34. The van der Waals surface area contributed by atoms with Crippen LogP contribution in [-0.4, -0.2) is 4.98 Å². The third-order valence-corrected chi connectivity index (χ3v) is 8.65. The molecular weight excluding hydrogens is 472 g/mol. The number of thioether (sulfide) groups is 2. The van der Waals surface area contributed by atoms with Crippen molar-refractivity contribution >= 4 is 61.8 Å². The molecule has 3 aromatic carbocycles. The molecule has 1 aliphatic rings. The van der Waals surface area contributed by atoms with E-state index in [1.165, 1.54) is 21.1 Å². The van der Waals surface area contributed by atoms with Crippen LogP contribution in [0.5, 0.6) is 0 Å². The molecule has 32 heavy (non-hydrogen) atoms. The maximum atomic E-state index is 10.1. The summed E-state index contributed by atoms with van der Waals surface area (Å²) in [6, 6.07) is 30.7. The van der Waals surface area contributed by atoms with E-state index in [-0.39, 0.29) is 0 Å². The molecule has 4 aromatic rings. The maximum absolute atomic E-state index is 10.1. The lowest BCUT2D eigenvalue weighted by molar-refractivity contribution is 1.37. The highest BCUT2D eigenvalue weighted by atomic mass is 35.5. The Morgan fingerprint density at radius 3 is 1.84 bits per heavy atom. The van der Waals surface area contributed by atoms with Crippen molar-refractivity contribution in [2.75, 3.05) is 0 Å². The van der Waals surface area contributed by atoms with Gasteiger partial charge in [0.15, 0.2) is 0 Å². The lowest BCUT2D eigenvalue weighted by Crippen LogP contribution is -1.84. The van der Waals surface area contributed by atoms with Crippen molar-refractivity contribution in [3.05, 3.63) is 116 Å². The Kier molecular flexibility index (Phi) is 6.20. The van der Waals surface area contributed by atoms with E-state index in [1.54, 1.807) is 23.5 Å². The van der Waals surface area contributed by atoms with Crippen molar-refractivity contribution in [1.29, 1.82) is 5.26 Å². The van der Waals surface area contributed by atoms with E-state index in [2.05, 4.69) is 30.3 Å². The largest absolute Gasteiger partial charge is 0.235 e. The van der Waals surface area contributed by atoms with Gasteiger partial charge in [-0.25, -0.2) is 4.98 Å². The van der Waals surface area contributed by atoms with Crippen molar-refractivity contribution in [2.45, 2.75) is 0 Å². The molecule has 0 fully saturated rings. The van der Waals surface area contributed by atoms with Crippen molar-refractivity contribution in [1.82, 2.24) is 4.98 Å². The van der Waals surface area contributed by atoms with Crippen LogP contribution < -0.4 is 0 Å². The lowest BCUT2D eigenvalue weighted by atomic mass is 10.1. The summed E-state index contributed by atoms with van der Waals surface area (Å²) in [5, 5.41) is 13.5. The first kappa shape index (κ1) is 21.1. The predicted octanol–water partition coefficient (Wildman–Crippen LogP) is 8.66. The number of allylic oxidation sites excluding steroid dienone is 1. The molecule has 0 radical (unpaired) electrons. The molecule has 1 aliphatic heterocycles. The van der Waals surface area contributed by atoms with Gasteiger partial charge in [0.05, 0.1) is 9.93 Å². The van der Waals surface area contributed by atoms with Gasteiger partial charge in [-0.1, -0.05) is 108 Å². The molecule has 2 nitrogen and oxygen atoms in total. The minimum Gasteiger partial charge on any atom is -0.235 e. The van der Waals surface area contributed by atoms with Gasteiger partial charge in [0.1, 0.15) is 16.6 Å². The minimum absolute atomic E-state index is 0.615. The van der Waals surface area contributed by atoms with E-state index in [0.29, 0.717) is 10.6 Å². The fourth-order valence-electron chi connectivity index (χ4n) is 3.28. The quantitative estimate of drug-likeness (QED) is 0.270. The van der Waals surface area contributed by atoms with Crippen LogP contribution in [0.1, 0.15) is 16.1 Å². The smallest absolute Gasteiger partial charge is 0.136 e. The monoisotopic (exact) mass is 486 g/mol. The number of nitrogens with zero attached hydrogens (tertiary/aromatic N) is 2. The van der Waals surface area contributed by atoms with Gasteiger partial charge in [-0.2, -0.15) is 5.26 Å². The topological polar surface area (TPSA) is 36.7 Å². The second kappa shape index (κ2) is 9.40. The van der Waals surface area contributed by atoms with Crippen LogP contribution in [0.25, 0.3) is 26.6 Å². The lowest BCUT2D eigenvalue weighted by Gasteiger charge is -2.05. The number of benzene rings is 3. The number of halogens is 1. The summed E-state index contributed by atoms with van der Waals surface area (Å²) >= 11 is 10.8. The third kappa shape index (κ3) is 4.28. The molecule has 5 rings (SSSR count). The first-order valence-electron chi connectivity index (χ1n) is 9.80. The highest BCUT2D eigenvalue weighted by Gasteiger charge is 2.27. The number of rotatable bonds is 4. The molecule has 0 amide bonds. The van der Waals surface area contributed by atoms with Crippen molar-refractivity contribution in [3.8, 4) is 17.3 Å². The summed E-state index contributed by atoms with van der Waals surface area (Å²) < 4.78 is 0.960. The molecule has 0 bridgehead atoms. The Morgan fingerprint density at radius 2 is 1.31 bits per heavy atom. The number of thiazole rings is 1. The molecule has 0 spiro atoms. The zero-order chi connectivity index (χ0) is 21.9. The first-order chi connectivity index (χ1) is 15.7. The van der Waals surface area contributed by atoms with Gasteiger partial charge in [-0.15, -0.1) is 11.3 Å². The third-order valence-electron chi connectivity index (χ3n) is 4.84. The van der Waals surface area contributed by atoms with E-state index in [9.17, 15) is 5.26 Å². The minimum atomic E-state index is 0.615. The Labute approximate surface area is 204 Å². The van der Waals surface area contributed by atoms with E-state index in [4.69, 9.17) is 16.6 Å². The van der Waals surface area contributed by atoms with Crippen LogP contribution in [0.2, 0.25) is 5.02 Å². The van der Waals surface area contributed by atoms with Gasteiger partial charge in [-0.3, -0.25) is 0 Å². The number of aromatic nitrogens is 1. The molecular formula is C26H15ClN2S3. The summed E-state index contributed by atoms with van der Waals surface area (Å²) in [4.78, 5) is 7.10. The fraction of sp³-hybridized carbons (Fsp3) is 0. The van der Waals surface area contributed by atoms with Gasteiger partial charge in [0.25, 0.3) is 0 Å². The fourth-order valence-corrected chi connectivity index (χ4v) is 7.07. The van der Waals surface area contributed by atoms with Gasteiger partial charge < -0.3 is 0 Å². The molecule has 0 atom stereocenters.